The van der Waals surface area contributed by atoms with E-state index in [0.717, 1.165) is 32.3 Å². The summed E-state index contributed by atoms with van der Waals surface area (Å²) in [5, 5.41) is 74.8. The first-order valence-corrected chi connectivity index (χ1v) is 23.3. The summed E-state index contributed by atoms with van der Waals surface area (Å²) in [5.74, 6) is 0. The molecule has 32 rings (SSSR count). The number of benzene rings is 18. The Morgan fingerprint density at radius 3 is 0.594 bits per heavy atom. The Balaban J connectivity index is 1.31. The average molecular weight is 790 g/mol. The molecule has 0 spiro atoms. The molecule has 29 aromatic carbocycles. The molecule has 0 fully saturated rings. The fourth-order valence-electron chi connectivity index (χ4n) is 23.3. The van der Waals surface area contributed by atoms with Gasteiger partial charge >= 0.3 is 6.18 Å². The van der Waals surface area contributed by atoms with Crippen LogP contribution in [0.5, 0.6) is 0 Å². The molecule has 3 aliphatic carbocycles. The first kappa shape index (κ1) is 23.0. The molecule has 0 radical (unpaired) electrons. The lowest BCUT2D eigenvalue weighted by Crippen LogP contribution is -2.44. The molecule has 0 atom stereocenters. The van der Waals surface area contributed by atoms with Gasteiger partial charge < -0.3 is 0 Å². The highest BCUT2D eigenvalue weighted by Gasteiger charge is 2.72. The topological polar surface area (TPSA) is 0 Å². The van der Waals surface area contributed by atoms with Crippen LogP contribution in [0.15, 0.2) is 0 Å². The Kier molecular flexibility index (Phi) is 1.77. The van der Waals surface area contributed by atoms with Crippen LogP contribution in [0.1, 0.15) is 16.7 Å². The van der Waals surface area contributed by atoms with E-state index in [-0.39, 0.29) is 0 Å². The summed E-state index contributed by atoms with van der Waals surface area (Å²) in [4.78, 5) is 0. The number of rotatable bonds is 0. The monoisotopic (exact) mass is 789 g/mol. The molecule has 0 N–H and O–H groups in total. The first-order valence-electron chi connectivity index (χ1n) is 23.3. The van der Waals surface area contributed by atoms with Crippen LogP contribution in [-0.4, -0.2) is 6.18 Å². The zero-order valence-corrected chi connectivity index (χ0v) is 31.6. The van der Waals surface area contributed by atoms with Gasteiger partial charge in [-0.3, -0.25) is 0 Å². The van der Waals surface area contributed by atoms with Gasteiger partial charge in [-0.05, 0) is 5.39 Å². The molecule has 3 aliphatic rings. The highest BCUT2D eigenvalue weighted by Crippen LogP contribution is 2.83. The second kappa shape index (κ2) is 4.92. The lowest BCUT2D eigenvalue weighted by atomic mass is 9.63. The van der Waals surface area contributed by atoms with Crippen LogP contribution in [0.25, 0.3) is 302 Å². The highest BCUT2D eigenvalue weighted by atomic mass is 19.4. The van der Waals surface area contributed by atoms with Gasteiger partial charge in [-0.15, -0.1) is 0 Å². The third-order valence-electron chi connectivity index (χ3n) is 23.3. The van der Waals surface area contributed by atoms with Gasteiger partial charge in [-0.2, -0.15) is 13.2 Å². The summed E-state index contributed by atoms with van der Waals surface area (Å²) >= 11 is 0. The van der Waals surface area contributed by atoms with Crippen molar-refractivity contribution in [1.82, 2.24) is 0 Å². The minimum Gasteiger partial charge on any atom is -0.168 e. The standard InChI is InChI=1S/C61F3/c62-61(63,64)60-57-53-47-33-25-17-5-2-1-3-6(5)18-20-16-10(3)12-8-4(1)7-11-9(2)15-19(17)31(33)39-37-23(15)21(11)29-27-13(7)14(8)28-30-22(12)24(16)38-40-32(20)34(26(18)25)48(47)54(57)50(40)52-44(38)42(30)46-36(28)35(27)45-41(29)43(37)51(49(39)53)58(60)55(45)56(46)59(52)60/q+1. The molecular weight excluding hydrogens is 790 g/mol. The molecular formula is C61F3+. The van der Waals surface area contributed by atoms with E-state index in [1.54, 1.807) is 5.39 Å². The molecule has 0 unspecified atom stereocenters. The smallest absolute Gasteiger partial charge is 0.168 e. The lowest BCUT2D eigenvalue weighted by Gasteiger charge is -2.37. The molecule has 0 saturated carbocycles. The Hall–Kier alpha value is -7.88. The Morgan fingerprint density at radius 2 is 0.328 bits per heavy atom. The number of hydrogen-bond donors (Lipinski definition) is 0. The van der Waals surface area contributed by atoms with Crippen LogP contribution in [-0.2, 0) is 5.41 Å². The van der Waals surface area contributed by atoms with Gasteiger partial charge in [-0.25, -0.2) is 0 Å². The molecule has 0 nitrogen and oxygen atoms in total. The van der Waals surface area contributed by atoms with Crippen LogP contribution in [0.3, 0.4) is 0 Å². The van der Waals surface area contributed by atoms with Gasteiger partial charge in [0.1, 0.15) is 0 Å². The second-order valence-corrected chi connectivity index (χ2v) is 23.4. The van der Waals surface area contributed by atoms with E-state index in [1.165, 1.54) is 264 Å². The molecule has 0 heterocycles. The van der Waals surface area contributed by atoms with Crippen LogP contribution in [0, 0.1) is 0 Å². The van der Waals surface area contributed by atoms with Gasteiger partial charge in [0.05, 0.1) is 43.3 Å². The average Bonchev–Trinajstić information content (AvgIpc) is 4.12. The van der Waals surface area contributed by atoms with Crippen LogP contribution in [0.4, 0.5) is 13.2 Å². The molecule has 0 aromatic heterocycles. The van der Waals surface area contributed by atoms with Crippen molar-refractivity contribution >= 4 is 302 Å². The van der Waals surface area contributed by atoms with Crippen molar-refractivity contribution in [3.63, 3.8) is 0 Å². The van der Waals surface area contributed by atoms with Crippen molar-refractivity contribution in [2.24, 2.45) is 0 Å². The summed E-state index contributed by atoms with van der Waals surface area (Å²) < 4.78 is 55.0. The van der Waals surface area contributed by atoms with Crippen molar-refractivity contribution in [3.8, 4) is 0 Å². The zero-order chi connectivity index (χ0) is 38.1. The minimum absolute atomic E-state index is 0.630. The summed E-state index contributed by atoms with van der Waals surface area (Å²) in [6.45, 7) is 0. The van der Waals surface area contributed by atoms with Gasteiger partial charge in [-0.1, -0.05) is 0 Å². The third-order valence-corrected chi connectivity index (χ3v) is 23.3. The maximum absolute atomic E-state index is 18.3. The van der Waals surface area contributed by atoms with E-state index >= 15 is 13.2 Å². The van der Waals surface area contributed by atoms with Crippen molar-refractivity contribution in [2.75, 3.05) is 0 Å². The summed E-state index contributed by atoms with van der Waals surface area (Å²) in [6.07, 6.45) is -4.56. The van der Waals surface area contributed by atoms with E-state index in [1.807, 2.05) is 0 Å². The van der Waals surface area contributed by atoms with Crippen LogP contribution >= 0.6 is 0 Å². The molecule has 3 heteroatoms. The molecule has 0 amide bonds. The van der Waals surface area contributed by atoms with E-state index in [9.17, 15) is 0 Å². The van der Waals surface area contributed by atoms with Crippen LogP contribution in [0.2, 0.25) is 0 Å². The second-order valence-electron chi connectivity index (χ2n) is 23.4. The highest BCUT2D eigenvalue weighted by molar-refractivity contribution is 6.83. The largest absolute Gasteiger partial charge is 0.414 e. The van der Waals surface area contributed by atoms with Crippen molar-refractivity contribution in [1.29, 1.82) is 0 Å². The quantitative estimate of drug-likeness (QED) is 0.106. The van der Waals surface area contributed by atoms with Gasteiger partial charge in [0.15, 0.2) is 5.41 Å². The molecule has 0 aliphatic heterocycles. The normalized spacial score (nSPS) is 20.5. The maximum Gasteiger partial charge on any atom is 0.414 e. The minimum atomic E-state index is -4.56. The summed E-state index contributed by atoms with van der Waals surface area (Å²) in [5.41, 5.74) is -0.349. The van der Waals surface area contributed by atoms with Crippen LogP contribution < -0.4 is 0 Å². The fraction of sp³-hybridized carbons (Fsp3) is 0.0328. The SMILES string of the molecule is FC(F)(F)C12c3c4c5c6c1c1c7c8c6c6c5c5c9c4c4c3c3c%10c%11c4c4c9c9c5c5c6c6c8c8c7c7c%12c%13c8c8c6c5c5c9c6c4c%11c4c9c6c5c8c%13c9c5c4c%10c4c(c5%12)c7c1[c+]2c34. The number of hydrogen-bond acceptors (Lipinski definition) is 0. The zero-order valence-electron chi connectivity index (χ0n) is 31.6. The van der Waals surface area contributed by atoms with Gasteiger partial charge in [0, 0.05) is 270 Å². The number of halogens is 3. The first-order chi connectivity index (χ1) is 31.6. The van der Waals surface area contributed by atoms with E-state index < -0.39 is 11.6 Å². The van der Waals surface area contributed by atoms with Gasteiger partial charge in [0.2, 0.25) is 0 Å². The Bertz CT molecular complexity index is 6540. The van der Waals surface area contributed by atoms with Crippen molar-refractivity contribution in [2.45, 2.75) is 11.6 Å². The molecule has 0 bridgehead atoms. The maximum atomic E-state index is 18.3. The predicted molar refractivity (Wildman–Crippen MR) is 263 cm³/mol. The van der Waals surface area contributed by atoms with E-state index in [4.69, 9.17) is 0 Å². The molecule has 264 valence electrons. The van der Waals surface area contributed by atoms with Crippen molar-refractivity contribution in [3.05, 3.63) is 16.7 Å². The lowest BCUT2D eigenvalue weighted by molar-refractivity contribution is -0.164. The molecule has 0 saturated heterocycles. The summed E-state index contributed by atoms with van der Waals surface area (Å²) in [7, 11) is 0. The predicted octanol–water partition coefficient (Wildman–Crippen LogP) is 17.9. The molecule has 64 heavy (non-hydrogen) atoms. The fourth-order valence-corrected chi connectivity index (χ4v) is 23.3. The number of alkyl halides is 3. The Labute approximate surface area is 341 Å². The van der Waals surface area contributed by atoms with E-state index in [2.05, 4.69) is 0 Å². The third kappa shape index (κ3) is 1.13. The van der Waals surface area contributed by atoms with Gasteiger partial charge in [0.25, 0.3) is 0 Å². The molecule has 29 aromatic rings. The Morgan fingerprint density at radius 1 is 0.188 bits per heavy atom. The van der Waals surface area contributed by atoms with E-state index in [0.29, 0.717) is 16.7 Å². The van der Waals surface area contributed by atoms with Crippen molar-refractivity contribution < 1.29 is 13.2 Å². The summed E-state index contributed by atoms with van der Waals surface area (Å²) in [6, 6.07) is 0.